The maximum absolute atomic E-state index is 13.2. The molecule has 2 atom stereocenters. The number of aromatic nitrogens is 2. The molecule has 10 heteroatoms. The zero-order valence-electron chi connectivity index (χ0n) is 17.8. The van der Waals surface area contributed by atoms with Crippen LogP contribution in [0.3, 0.4) is 0 Å². The van der Waals surface area contributed by atoms with Crippen LogP contribution in [0.5, 0.6) is 11.5 Å². The van der Waals surface area contributed by atoms with Crippen molar-refractivity contribution in [1.82, 2.24) is 15.1 Å². The van der Waals surface area contributed by atoms with Gasteiger partial charge in [0.1, 0.15) is 23.4 Å². The van der Waals surface area contributed by atoms with E-state index in [9.17, 15) is 27.5 Å². The highest BCUT2D eigenvalue weighted by Crippen LogP contribution is 2.30. The summed E-state index contributed by atoms with van der Waals surface area (Å²) in [6, 6.07) is 15.5. The summed E-state index contributed by atoms with van der Waals surface area (Å²) in [4.78, 5) is 11.5. The van der Waals surface area contributed by atoms with Crippen LogP contribution in [0.4, 0.5) is 17.6 Å². The average molecular weight is 473 g/mol. The number of amides is 1. The van der Waals surface area contributed by atoms with Crippen molar-refractivity contribution in [2.45, 2.75) is 25.2 Å². The van der Waals surface area contributed by atoms with Gasteiger partial charge in [0.25, 0.3) is 0 Å². The van der Waals surface area contributed by atoms with Crippen molar-refractivity contribution in [3.05, 3.63) is 84.3 Å². The van der Waals surface area contributed by atoms with Crippen LogP contribution in [-0.4, -0.2) is 33.0 Å². The van der Waals surface area contributed by atoms with E-state index in [1.54, 1.807) is 47.3 Å². The fraction of sp³-hybridized carbons (Fsp3) is 0.167. The van der Waals surface area contributed by atoms with Crippen LogP contribution in [0.1, 0.15) is 18.6 Å². The van der Waals surface area contributed by atoms with Gasteiger partial charge in [0.2, 0.25) is 0 Å². The molecule has 0 aliphatic rings. The number of halogens is 4. The van der Waals surface area contributed by atoms with Gasteiger partial charge < -0.3 is 15.2 Å². The summed E-state index contributed by atoms with van der Waals surface area (Å²) in [6.07, 6.45) is -4.52. The zero-order valence-corrected chi connectivity index (χ0v) is 17.8. The molecule has 0 radical (unpaired) electrons. The number of ether oxygens (including phenoxy) is 1. The van der Waals surface area contributed by atoms with Gasteiger partial charge in [0.05, 0.1) is 23.4 Å². The zero-order chi connectivity index (χ0) is 24.5. The third-order valence-electron chi connectivity index (χ3n) is 5.14. The minimum atomic E-state index is -5.05. The summed E-state index contributed by atoms with van der Waals surface area (Å²) in [7, 11) is 0. The van der Waals surface area contributed by atoms with Crippen molar-refractivity contribution < 1.29 is 32.2 Å². The maximum atomic E-state index is 13.2. The minimum Gasteiger partial charge on any atom is -0.508 e. The Morgan fingerprint density at radius 2 is 1.82 bits per heavy atom. The molecule has 1 heterocycles. The van der Waals surface area contributed by atoms with Gasteiger partial charge in [-0.2, -0.15) is 18.3 Å². The number of fused-ring (bicyclic) bond motifs is 1. The van der Waals surface area contributed by atoms with E-state index in [1.807, 2.05) is 5.32 Å². The molecule has 0 fully saturated rings. The number of nitrogens with zero attached hydrogens (tertiary/aromatic N) is 2. The highest BCUT2D eigenvalue weighted by molar-refractivity contribution is 5.82. The summed E-state index contributed by atoms with van der Waals surface area (Å²) < 4.78 is 59.2. The monoisotopic (exact) mass is 473 g/mol. The lowest BCUT2D eigenvalue weighted by atomic mass is 10.0. The number of hydrogen-bond acceptors (Lipinski definition) is 4. The number of rotatable bonds is 6. The van der Waals surface area contributed by atoms with Gasteiger partial charge >= 0.3 is 12.1 Å². The average Bonchev–Trinajstić information content (AvgIpc) is 3.20. The van der Waals surface area contributed by atoms with Crippen molar-refractivity contribution in [3.63, 3.8) is 0 Å². The first kappa shape index (κ1) is 23.1. The summed E-state index contributed by atoms with van der Waals surface area (Å²) in [5.41, 5.74) is 1.72. The molecule has 2 N–H and O–H groups in total. The van der Waals surface area contributed by atoms with Crippen LogP contribution in [0.2, 0.25) is 0 Å². The third-order valence-corrected chi connectivity index (χ3v) is 5.14. The van der Waals surface area contributed by atoms with Crippen molar-refractivity contribution in [2.24, 2.45) is 0 Å². The molecule has 2 unspecified atom stereocenters. The quantitative estimate of drug-likeness (QED) is 0.384. The van der Waals surface area contributed by atoms with Gasteiger partial charge in [-0.25, -0.2) is 9.07 Å². The first-order chi connectivity index (χ1) is 16.1. The Balaban J connectivity index is 1.64. The van der Waals surface area contributed by atoms with Crippen LogP contribution in [0.25, 0.3) is 16.6 Å². The SMILES string of the molecule is CC(NC(=O)C(F)(F)F)C(Oc1ccc2c(cnn2-c2ccc(F)cc2)c1)c1cccc(O)c1. The van der Waals surface area contributed by atoms with E-state index < -0.39 is 24.2 Å². The molecule has 0 aliphatic carbocycles. The Labute approximate surface area is 191 Å². The molecule has 0 saturated heterocycles. The second-order valence-corrected chi connectivity index (χ2v) is 7.65. The second kappa shape index (κ2) is 9.05. The number of phenolic OH excluding ortho intramolecular Hbond substituents is 1. The molecule has 34 heavy (non-hydrogen) atoms. The number of carbonyl (C=O) groups excluding carboxylic acids is 1. The molecule has 6 nitrogen and oxygen atoms in total. The maximum Gasteiger partial charge on any atom is 0.471 e. The fourth-order valence-corrected chi connectivity index (χ4v) is 3.54. The third kappa shape index (κ3) is 4.95. The minimum absolute atomic E-state index is 0.100. The number of carbonyl (C=O) groups is 1. The predicted molar refractivity (Wildman–Crippen MR) is 116 cm³/mol. The summed E-state index contributed by atoms with van der Waals surface area (Å²) in [5.74, 6) is -2.26. The van der Waals surface area contributed by atoms with Crippen molar-refractivity contribution in [3.8, 4) is 17.2 Å². The Kier molecular flexibility index (Phi) is 6.14. The Morgan fingerprint density at radius 1 is 1.09 bits per heavy atom. The standard InChI is InChI=1S/C24H19F4N3O3/c1-14(30-23(33)24(26,27)28)22(15-3-2-4-19(32)11-15)34-20-9-10-21-16(12-20)13-29-31(21)18-7-5-17(25)6-8-18/h2-14,22,32H,1H3,(H,30,33). The highest BCUT2D eigenvalue weighted by Gasteiger charge is 2.40. The second-order valence-electron chi connectivity index (χ2n) is 7.65. The van der Waals surface area contributed by atoms with Crippen LogP contribution in [-0.2, 0) is 4.79 Å². The van der Waals surface area contributed by atoms with Crippen LogP contribution in [0, 0.1) is 5.82 Å². The van der Waals surface area contributed by atoms with E-state index >= 15 is 0 Å². The highest BCUT2D eigenvalue weighted by atomic mass is 19.4. The van der Waals surface area contributed by atoms with E-state index in [-0.39, 0.29) is 11.6 Å². The summed E-state index contributed by atoms with van der Waals surface area (Å²) in [6.45, 7) is 1.38. The number of hydrogen-bond donors (Lipinski definition) is 2. The lowest BCUT2D eigenvalue weighted by Gasteiger charge is -2.27. The molecule has 0 bridgehead atoms. The number of nitrogens with one attached hydrogen (secondary N) is 1. The van der Waals surface area contributed by atoms with Crippen LogP contribution < -0.4 is 10.1 Å². The molecule has 176 valence electrons. The normalized spacial score (nSPS) is 13.4. The molecular formula is C24H19F4N3O3. The van der Waals surface area contributed by atoms with Crippen LogP contribution in [0.15, 0.2) is 72.9 Å². The largest absolute Gasteiger partial charge is 0.508 e. The van der Waals surface area contributed by atoms with Crippen LogP contribution >= 0.6 is 0 Å². The first-order valence-electron chi connectivity index (χ1n) is 10.2. The Bertz CT molecular complexity index is 1320. The fourth-order valence-electron chi connectivity index (χ4n) is 3.54. The molecule has 1 amide bonds. The topological polar surface area (TPSA) is 76.4 Å². The Hall–Kier alpha value is -4.08. The predicted octanol–water partition coefficient (Wildman–Crippen LogP) is 5.06. The number of benzene rings is 3. The molecule has 0 saturated carbocycles. The van der Waals surface area contributed by atoms with Crippen molar-refractivity contribution in [2.75, 3.05) is 0 Å². The van der Waals surface area contributed by atoms with Crippen molar-refractivity contribution >= 4 is 16.8 Å². The van der Waals surface area contributed by atoms with Gasteiger partial charge in [0, 0.05) is 5.39 Å². The number of aromatic hydroxyl groups is 1. The summed E-state index contributed by atoms with van der Waals surface area (Å²) >= 11 is 0. The van der Waals surface area contributed by atoms with Gasteiger partial charge in [-0.1, -0.05) is 12.1 Å². The molecule has 1 aromatic heterocycles. The lowest BCUT2D eigenvalue weighted by molar-refractivity contribution is -0.174. The lowest BCUT2D eigenvalue weighted by Crippen LogP contribution is -2.45. The summed E-state index contributed by atoms with van der Waals surface area (Å²) in [5, 5.41) is 16.7. The van der Waals surface area contributed by atoms with Crippen molar-refractivity contribution in [1.29, 1.82) is 0 Å². The van der Waals surface area contributed by atoms with Gasteiger partial charge in [-0.3, -0.25) is 4.79 Å². The van der Waals surface area contributed by atoms with E-state index in [4.69, 9.17) is 4.74 Å². The number of phenols is 1. The van der Waals surface area contributed by atoms with Gasteiger partial charge in [-0.05, 0) is 67.1 Å². The van der Waals surface area contributed by atoms with E-state index in [0.29, 0.717) is 27.9 Å². The molecule has 0 aliphatic heterocycles. The molecule has 4 aromatic rings. The smallest absolute Gasteiger partial charge is 0.471 e. The first-order valence-corrected chi connectivity index (χ1v) is 10.2. The van der Waals surface area contributed by atoms with E-state index in [0.717, 1.165) is 0 Å². The van der Waals surface area contributed by atoms with E-state index in [1.165, 1.54) is 37.3 Å². The molecular weight excluding hydrogens is 454 g/mol. The number of alkyl halides is 3. The Morgan fingerprint density at radius 3 is 2.50 bits per heavy atom. The molecule has 0 spiro atoms. The van der Waals surface area contributed by atoms with Gasteiger partial charge in [0.15, 0.2) is 0 Å². The molecule has 4 rings (SSSR count). The van der Waals surface area contributed by atoms with Gasteiger partial charge in [-0.15, -0.1) is 0 Å². The molecule has 3 aromatic carbocycles. The van der Waals surface area contributed by atoms with E-state index in [2.05, 4.69) is 5.10 Å².